The average Bonchev–Trinajstić information content (AvgIpc) is 2.94. The number of hydrogen-bond donors (Lipinski definition) is 4. The smallest absolute Gasteiger partial charge is 0.260 e. The van der Waals surface area contributed by atoms with Gasteiger partial charge in [-0.05, 0) is 55.9 Å². The predicted molar refractivity (Wildman–Crippen MR) is 158 cm³/mol. The number of likely N-dealkylation sites (N-methyl/N-ethyl adjacent to an activating group) is 1. The molecule has 1 aliphatic heterocycles. The molecule has 0 spiro atoms. The van der Waals surface area contributed by atoms with Gasteiger partial charge in [0.25, 0.3) is 5.56 Å². The van der Waals surface area contributed by atoms with Crippen molar-refractivity contribution in [2.24, 2.45) is 0 Å². The molecule has 1 fully saturated rings. The van der Waals surface area contributed by atoms with E-state index in [0.29, 0.717) is 39.9 Å². The van der Waals surface area contributed by atoms with E-state index in [-0.39, 0.29) is 5.56 Å². The molecule has 5 rings (SSSR count). The quantitative estimate of drug-likeness (QED) is 0.209. The lowest BCUT2D eigenvalue weighted by Crippen LogP contribution is -2.44. The molecule has 0 amide bonds. The molecule has 10 nitrogen and oxygen atoms in total. The van der Waals surface area contributed by atoms with E-state index in [4.69, 9.17) is 22.2 Å². The summed E-state index contributed by atoms with van der Waals surface area (Å²) in [6, 6.07) is 15.3. The number of hydrogen-bond acceptors (Lipinski definition) is 9. The summed E-state index contributed by atoms with van der Waals surface area (Å²) in [7, 11) is 3.58. The van der Waals surface area contributed by atoms with Crippen molar-refractivity contribution in [3.05, 3.63) is 75.7 Å². The maximum atomic E-state index is 13.4. The lowest BCUT2D eigenvalue weighted by atomic mass is 10.0. The summed E-state index contributed by atoms with van der Waals surface area (Å²) in [5.74, 6) is 0.428. The minimum Gasteiger partial charge on any atom is -0.369 e. The van der Waals surface area contributed by atoms with Crippen molar-refractivity contribution in [2.75, 3.05) is 50.5 Å². The number of halogens is 1. The molecule has 0 unspecified atom stereocenters. The zero-order chi connectivity index (χ0) is 27.9. The van der Waals surface area contributed by atoms with Gasteiger partial charge in [0, 0.05) is 85.1 Å². The van der Waals surface area contributed by atoms with Crippen LogP contribution in [0.3, 0.4) is 0 Å². The summed E-state index contributed by atoms with van der Waals surface area (Å²) in [6.45, 7) is 6.53. The second kappa shape index (κ2) is 12.8. The Balaban J connectivity index is 0.00000112. The number of aromatic nitrogens is 3. The van der Waals surface area contributed by atoms with Gasteiger partial charge in [0.15, 0.2) is 0 Å². The van der Waals surface area contributed by atoms with E-state index in [0.717, 1.165) is 37.3 Å². The van der Waals surface area contributed by atoms with E-state index >= 15 is 0 Å². The number of anilines is 3. The van der Waals surface area contributed by atoms with Gasteiger partial charge in [0.2, 0.25) is 5.95 Å². The third kappa shape index (κ3) is 6.43. The molecular weight excluding hydrogens is 516 g/mol. The standard InChI is InChI=1S/C27H28ClN7O.CH5NO/c1-3-35-25-19(15-23(26(35)36)22-9-4-18(16-29)14-24(22)28)17-30-27(32-25)31-20-5-7-21(8-6-20)34-12-10-33(2)11-13-34;1-2-3/h4-9,14-17,29H,3,10-13H2,1-2H3,(H,30,31,32);2-3H,1H3. The Morgan fingerprint density at radius 2 is 1.77 bits per heavy atom. The van der Waals surface area contributed by atoms with Crippen LogP contribution < -0.4 is 21.3 Å². The van der Waals surface area contributed by atoms with Gasteiger partial charge >= 0.3 is 0 Å². The number of aryl methyl sites for hydroxylation is 1. The van der Waals surface area contributed by atoms with Crippen molar-refractivity contribution in [1.29, 1.82) is 5.41 Å². The fourth-order valence-electron chi connectivity index (χ4n) is 4.49. The number of pyridine rings is 1. The van der Waals surface area contributed by atoms with Gasteiger partial charge in [-0.3, -0.25) is 9.36 Å². The van der Waals surface area contributed by atoms with Gasteiger partial charge in [-0.1, -0.05) is 23.7 Å². The van der Waals surface area contributed by atoms with Gasteiger partial charge in [0.05, 0.1) is 0 Å². The molecule has 3 heterocycles. The largest absolute Gasteiger partial charge is 0.369 e. The lowest BCUT2D eigenvalue weighted by molar-refractivity contribution is 0.194. The van der Waals surface area contributed by atoms with Crippen LogP contribution in [0.5, 0.6) is 0 Å². The van der Waals surface area contributed by atoms with Crippen LogP contribution in [0.4, 0.5) is 17.3 Å². The first-order chi connectivity index (χ1) is 18.9. The number of piperazine rings is 1. The topological polar surface area (TPSA) is 122 Å². The number of nitrogens with one attached hydrogen (secondary N) is 3. The van der Waals surface area contributed by atoms with Gasteiger partial charge in [-0.25, -0.2) is 10.5 Å². The SMILES string of the molecule is CCn1c(=O)c(-c2ccc(C=N)cc2Cl)cc2cnc(Nc3ccc(N4CCN(C)CC4)cc3)nc21.CNO. The molecule has 2 aromatic heterocycles. The average molecular weight is 549 g/mol. The molecule has 11 heteroatoms. The second-order valence-electron chi connectivity index (χ2n) is 9.15. The molecule has 0 saturated carbocycles. The third-order valence-corrected chi connectivity index (χ3v) is 6.90. The first-order valence-electron chi connectivity index (χ1n) is 12.7. The summed E-state index contributed by atoms with van der Waals surface area (Å²) in [4.78, 5) is 27.3. The Labute approximate surface area is 232 Å². The van der Waals surface area contributed by atoms with Gasteiger partial charge in [0.1, 0.15) is 5.65 Å². The Morgan fingerprint density at radius 1 is 1.08 bits per heavy atom. The minimum atomic E-state index is -0.171. The van der Waals surface area contributed by atoms with E-state index < -0.39 is 0 Å². The highest BCUT2D eigenvalue weighted by atomic mass is 35.5. The molecular formula is C28H33ClN8O2. The van der Waals surface area contributed by atoms with Crippen LogP contribution in [-0.4, -0.2) is 71.1 Å². The van der Waals surface area contributed by atoms with Crippen LogP contribution in [0.1, 0.15) is 12.5 Å². The molecule has 2 aromatic carbocycles. The molecule has 4 N–H and O–H groups in total. The summed E-state index contributed by atoms with van der Waals surface area (Å²) >= 11 is 6.45. The van der Waals surface area contributed by atoms with Crippen LogP contribution in [0.15, 0.2) is 59.5 Å². The maximum absolute atomic E-state index is 13.4. The minimum absolute atomic E-state index is 0.171. The van der Waals surface area contributed by atoms with Crippen LogP contribution in [0.25, 0.3) is 22.2 Å². The molecule has 1 aliphatic rings. The maximum Gasteiger partial charge on any atom is 0.260 e. The number of nitrogens with zero attached hydrogens (tertiary/aromatic N) is 5. The van der Waals surface area contributed by atoms with Crippen molar-refractivity contribution < 1.29 is 5.21 Å². The van der Waals surface area contributed by atoms with Gasteiger partial charge < -0.3 is 25.7 Å². The molecule has 0 aliphatic carbocycles. The van der Waals surface area contributed by atoms with Crippen LogP contribution in [0, 0.1) is 5.41 Å². The Hall–Kier alpha value is -3.83. The normalized spacial score (nSPS) is 13.6. The van der Waals surface area contributed by atoms with Crippen molar-refractivity contribution >= 4 is 46.2 Å². The molecule has 0 bridgehead atoms. The number of hydroxylamine groups is 1. The highest BCUT2D eigenvalue weighted by molar-refractivity contribution is 6.33. The zero-order valence-corrected chi connectivity index (χ0v) is 23.0. The van der Waals surface area contributed by atoms with E-state index in [1.54, 1.807) is 40.5 Å². The fourth-order valence-corrected chi connectivity index (χ4v) is 4.79. The summed E-state index contributed by atoms with van der Waals surface area (Å²) in [5, 5.41) is 19.2. The highest BCUT2D eigenvalue weighted by Crippen LogP contribution is 2.29. The first kappa shape index (κ1) is 28.2. The van der Waals surface area contributed by atoms with Crippen LogP contribution >= 0.6 is 11.6 Å². The first-order valence-corrected chi connectivity index (χ1v) is 13.1. The van der Waals surface area contributed by atoms with Gasteiger partial charge in [-0.15, -0.1) is 0 Å². The number of fused-ring (bicyclic) bond motifs is 1. The van der Waals surface area contributed by atoms with Crippen LogP contribution in [-0.2, 0) is 6.54 Å². The van der Waals surface area contributed by atoms with Crippen molar-refractivity contribution in [1.82, 2.24) is 24.9 Å². The Bertz CT molecular complexity index is 1500. The van der Waals surface area contributed by atoms with Gasteiger partial charge in [-0.2, -0.15) is 4.98 Å². The van der Waals surface area contributed by atoms with E-state index in [9.17, 15) is 4.79 Å². The third-order valence-electron chi connectivity index (χ3n) is 6.59. The van der Waals surface area contributed by atoms with Crippen LogP contribution in [0.2, 0.25) is 5.02 Å². The highest BCUT2D eigenvalue weighted by Gasteiger charge is 2.16. The number of rotatable bonds is 6. The molecule has 4 aromatic rings. The Morgan fingerprint density at radius 3 is 2.38 bits per heavy atom. The molecule has 0 atom stereocenters. The monoisotopic (exact) mass is 548 g/mol. The molecule has 1 saturated heterocycles. The fraction of sp³-hybridized carbons (Fsp3) is 0.286. The van der Waals surface area contributed by atoms with Crippen molar-refractivity contribution in [3.63, 3.8) is 0 Å². The van der Waals surface area contributed by atoms with E-state index in [2.05, 4.69) is 44.3 Å². The lowest BCUT2D eigenvalue weighted by Gasteiger charge is -2.34. The predicted octanol–water partition coefficient (Wildman–Crippen LogP) is 4.22. The zero-order valence-electron chi connectivity index (χ0n) is 22.3. The summed E-state index contributed by atoms with van der Waals surface area (Å²) in [5.41, 5.74) is 6.01. The molecule has 204 valence electrons. The number of benzene rings is 2. The van der Waals surface area contributed by atoms with Crippen molar-refractivity contribution in [3.8, 4) is 11.1 Å². The second-order valence-corrected chi connectivity index (χ2v) is 9.56. The van der Waals surface area contributed by atoms with E-state index in [1.165, 1.54) is 18.9 Å². The van der Waals surface area contributed by atoms with Crippen molar-refractivity contribution in [2.45, 2.75) is 13.5 Å². The molecule has 0 radical (unpaired) electrons. The summed E-state index contributed by atoms with van der Waals surface area (Å²) < 4.78 is 1.63. The molecule has 39 heavy (non-hydrogen) atoms. The Kier molecular flexibility index (Phi) is 9.26. The van der Waals surface area contributed by atoms with E-state index in [1.807, 2.05) is 19.1 Å². The summed E-state index contributed by atoms with van der Waals surface area (Å²) in [6.07, 6.45) is 2.95.